The molecule has 1 amide bonds. The van der Waals surface area contributed by atoms with Gasteiger partial charge in [0.1, 0.15) is 12.1 Å². The van der Waals surface area contributed by atoms with Gasteiger partial charge in [-0.1, -0.05) is 0 Å². The van der Waals surface area contributed by atoms with Gasteiger partial charge in [0, 0.05) is 18.5 Å². The predicted octanol–water partition coefficient (Wildman–Crippen LogP) is 1.84. The molecule has 90 valence electrons. The number of hydrogen-bond acceptors (Lipinski definition) is 4. The number of carbonyl (C=O) groups is 1. The summed E-state index contributed by atoms with van der Waals surface area (Å²) in [6, 6.07) is 6.43. The van der Waals surface area contributed by atoms with Gasteiger partial charge in [0.25, 0.3) is 0 Å². The summed E-state index contributed by atoms with van der Waals surface area (Å²) in [6.07, 6.45) is 4.44. The molecule has 1 aromatic heterocycles. The molecule has 0 radical (unpaired) electrons. The van der Waals surface area contributed by atoms with Gasteiger partial charge in [-0.3, -0.25) is 4.57 Å². The van der Waals surface area contributed by atoms with E-state index in [1.807, 2.05) is 6.07 Å². The highest BCUT2D eigenvalue weighted by atomic mass is 16.5. The third-order valence-corrected chi connectivity index (χ3v) is 2.31. The molecular formula is C12H10N4O2. The van der Waals surface area contributed by atoms with Gasteiger partial charge in [-0.05, 0) is 12.1 Å². The van der Waals surface area contributed by atoms with E-state index >= 15 is 0 Å². The number of rotatable bonds is 2. The van der Waals surface area contributed by atoms with Gasteiger partial charge in [-0.2, -0.15) is 5.26 Å². The summed E-state index contributed by atoms with van der Waals surface area (Å²) in [4.78, 5) is 15.6. The molecule has 0 atom stereocenters. The maximum Gasteiger partial charge on any atom is 0.331 e. The van der Waals surface area contributed by atoms with Gasteiger partial charge in [0.15, 0.2) is 0 Å². The van der Waals surface area contributed by atoms with Gasteiger partial charge in [-0.15, -0.1) is 0 Å². The molecule has 2 aromatic rings. The first-order valence-corrected chi connectivity index (χ1v) is 5.12. The molecule has 0 spiro atoms. The monoisotopic (exact) mass is 242 g/mol. The maximum atomic E-state index is 11.8. The smallest absolute Gasteiger partial charge is 0.331 e. The minimum Gasteiger partial charge on any atom is -0.495 e. The van der Waals surface area contributed by atoms with E-state index < -0.39 is 0 Å². The summed E-state index contributed by atoms with van der Waals surface area (Å²) in [6.45, 7) is 0. The van der Waals surface area contributed by atoms with Crippen molar-refractivity contribution in [1.82, 2.24) is 9.55 Å². The standard InChI is InChI=1S/C12H10N4O2/c1-18-11-6-9(7-13)2-3-10(11)15-12(17)16-5-4-14-8-16/h2-6,8H,1H3,(H,15,17). The largest absolute Gasteiger partial charge is 0.495 e. The van der Waals surface area contributed by atoms with Crippen LogP contribution in [0.4, 0.5) is 10.5 Å². The molecule has 0 bridgehead atoms. The number of imidazole rings is 1. The summed E-state index contributed by atoms with van der Waals surface area (Å²) in [5.74, 6) is 0.433. The Morgan fingerprint density at radius 1 is 1.56 bits per heavy atom. The van der Waals surface area contributed by atoms with Crippen molar-refractivity contribution in [2.75, 3.05) is 12.4 Å². The maximum absolute atomic E-state index is 11.8. The number of carbonyl (C=O) groups excluding carboxylic acids is 1. The molecule has 0 aliphatic heterocycles. The van der Waals surface area contributed by atoms with Crippen LogP contribution in [0.15, 0.2) is 36.9 Å². The summed E-state index contributed by atoms with van der Waals surface area (Å²) in [7, 11) is 1.48. The molecule has 0 saturated carbocycles. The quantitative estimate of drug-likeness (QED) is 0.871. The Bertz CT molecular complexity index is 599. The van der Waals surface area contributed by atoms with E-state index in [9.17, 15) is 4.79 Å². The van der Waals surface area contributed by atoms with Crippen molar-refractivity contribution in [3.05, 3.63) is 42.5 Å². The highest BCUT2D eigenvalue weighted by molar-refractivity contribution is 5.92. The third kappa shape index (κ3) is 2.30. The molecule has 6 nitrogen and oxygen atoms in total. The Kier molecular flexibility index (Phi) is 3.25. The van der Waals surface area contributed by atoms with Crippen molar-refractivity contribution >= 4 is 11.7 Å². The van der Waals surface area contributed by atoms with E-state index in [1.54, 1.807) is 18.2 Å². The number of anilines is 1. The molecule has 2 rings (SSSR count). The Balaban J connectivity index is 2.24. The molecule has 18 heavy (non-hydrogen) atoms. The Morgan fingerprint density at radius 3 is 3.00 bits per heavy atom. The van der Waals surface area contributed by atoms with Crippen LogP contribution in [0.25, 0.3) is 0 Å². The number of aromatic nitrogens is 2. The van der Waals surface area contributed by atoms with Crippen LogP contribution in [-0.4, -0.2) is 22.7 Å². The topological polar surface area (TPSA) is 79.9 Å². The Labute approximate surface area is 103 Å². The van der Waals surface area contributed by atoms with Crippen molar-refractivity contribution in [1.29, 1.82) is 5.26 Å². The number of methoxy groups -OCH3 is 1. The second-order valence-corrected chi connectivity index (χ2v) is 3.43. The number of nitriles is 1. The second kappa shape index (κ2) is 5.01. The fourth-order valence-electron chi connectivity index (χ4n) is 1.42. The van der Waals surface area contributed by atoms with Crippen LogP contribution < -0.4 is 10.1 Å². The number of amides is 1. The van der Waals surface area contributed by atoms with E-state index in [0.29, 0.717) is 17.0 Å². The Morgan fingerprint density at radius 2 is 2.39 bits per heavy atom. The van der Waals surface area contributed by atoms with Crippen LogP contribution in [0.5, 0.6) is 5.75 Å². The third-order valence-electron chi connectivity index (χ3n) is 2.31. The number of benzene rings is 1. The second-order valence-electron chi connectivity index (χ2n) is 3.43. The first-order chi connectivity index (χ1) is 8.74. The number of hydrogen-bond donors (Lipinski definition) is 1. The summed E-state index contributed by atoms with van der Waals surface area (Å²) in [5, 5.41) is 11.4. The van der Waals surface area contributed by atoms with E-state index in [0.717, 1.165) is 0 Å². The minimum atomic E-state index is -0.351. The number of nitrogens with one attached hydrogen (secondary N) is 1. The fourth-order valence-corrected chi connectivity index (χ4v) is 1.42. The van der Waals surface area contributed by atoms with Gasteiger partial charge >= 0.3 is 6.03 Å². The highest BCUT2D eigenvalue weighted by Crippen LogP contribution is 2.25. The lowest BCUT2D eigenvalue weighted by Gasteiger charge is -2.10. The number of ether oxygens (including phenoxy) is 1. The minimum absolute atomic E-state index is 0.351. The molecular weight excluding hydrogens is 232 g/mol. The Hall–Kier alpha value is -2.81. The first-order valence-electron chi connectivity index (χ1n) is 5.12. The molecule has 1 N–H and O–H groups in total. The average Bonchev–Trinajstić information content (AvgIpc) is 2.93. The lowest BCUT2D eigenvalue weighted by molar-refractivity contribution is 0.253. The zero-order chi connectivity index (χ0) is 13.0. The van der Waals surface area contributed by atoms with Crippen LogP contribution in [0.1, 0.15) is 5.56 Å². The van der Waals surface area contributed by atoms with E-state index in [-0.39, 0.29) is 6.03 Å². The SMILES string of the molecule is COc1cc(C#N)ccc1NC(=O)n1ccnc1. The van der Waals surface area contributed by atoms with Crippen LogP contribution in [0.3, 0.4) is 0 Å². The zero-order valence-corrected chi connectivity index (χ0v) is 9.62. The average molecular weight is 242 g/mol. The normalized spacial score (nSPS) is 9.56. The molecule has 0 aliphatic rings. The molecule has 1 aromatic carbocycles. The lowest BCUT2D eigenvalue weighted by atomic mass is 10.2. The zero-order valence-electron chi connectivity index (χ0n) is 9.62. The van der Waals surface area contributed by atoms with E-state index in [4.69, 9.17) is 10.00 Å². The summed E-state index contributed by atoms with van der Waals surface area (Å²) >= 11 is 0. The van der Waals surface area contributed by atoms with Crippen molar-refractivity contribution < 1.29 is 9.53 Å². The molecule has 0 saturated heterocycles. The predicted molar refractivity (Wildman–Crippen MR) is 64.4 cm³/mol. The number of nitrogens with zero attached hydrogens (tertiary/aromatic N) is 3. The van der Waals surface area contributed by atoms with Gasteiger partial charge in [0.2, 0.25) is 0 Å². The highest BCUT2D eigenvalue weighted by Gasteiger charge is 2.09. The molecule has 6 heteroatoms. The first kappa shape index (κ1) is 11.7. The van der Waals surface area contributed by atoms with Gasteiger partial charge in [-0.25, -0.2) is 9.78 Å². The molecule has 0 fully saturated rings. The lowest BCUT2D eigenvalue weighted by Crippen LogP contribution is -2.18. The fraction of sp³-hybridized carbons (Fsp3) is 0.0833. The van der Waals surface area contributed by atoms with Crippen LogP contribution in [-0.2, 0) is 0 Å². The van der Waals surface area contributed by atoms with E-state index in [2.05, 4.69) is 10.3 Å². The van der Waals surface area contributed by atoms with Crippen molar-refractivity contribution in [2.45, 2.75) is 0 Å². The van der Waals surface area contributed by atoms with Crippen molar-refractivity contribution in [3.8, 4) is 11.8 Å². The molecule has 0 unspecified atom stereocenters. The van der Waals surface area contributed by atoms with Gasteiger partial charge in [0.05, 0.1) is 24.4 Å². The summed E-state index contributed by atoms with van der Waals surface area (Å²) in [5.41, 5.74) is 0.961. The van der Waals surface area contributed by atoms with E-state index in [1.165, 1.54) is 30.4 Å². The van der Waals surface area contributed by atoms with Crippen LogP contribution in [0, 0.1) is 11.3 Å². The molecule has 1 heterocycles. The van der Waals surface area contributed by atoms with Crippen LogP contribution >= 0.6 is 0 Å². The van der Waals surface area contributed by atoms with Gasteiger partial charge < -0.3 is 10.1 Å². The van der Waals surface area contributed by atoms with Crippen molar-refractivity contribution in [2.24, 2.45) is 0 Å². The van der Waals surface area contributed by atoms with Crippen molar-refractivity contribution in [3.63, 3.8) is 0 Å². The van der Waals surface area contributed by atoms with Crippen LogP contribution in [0.2, 0.25) is 0 Å². The summed E-state index contributed by atoms with van der Waals surface area (Å²) < 4.78 is 6.42. The molecule has 0 aliphatic carbocycles.